The number of aliphatic hydroxyl groups is 1. The van der Waals surface area contributed by atoms with Crippen molar-refractivity contribution in [2.75, 3.05) is 13.1 Å². The van der Waals surface area contributed by atoms with Crippen molar-refractivity contribution in [2.45, 2.75) is 18.9 Å². The van der Waals surface area contributed by atoms with Gasteiger partial charge in [0.15, 0.2) is 0 Å². The summed E-state index contributed by atoms with van der Waals surface area (Å²) >= 11 is 0. The highest BCUT2D eigenvalue weighted by atomic mass is 16.3. The van der Waals surface area contributed by atoms with Gasteiger partial charge >= 0.3 is 0 Å². The molecule has 3 nitrogen and oxygen atoms in total. The minimum absolute atomic E-state index is 0.0236. The Morgan fingerprint density at radius 1 is 0.889 bits per heavy atom. The highest BCUT2D eigenvalue weighted by Gasteiger charge is 2.22. The first-order valence-corrected chi connectivity index (χ1v) is 9.28. The zero-order valence-corrected chi connectivity index (χ0v) is 15.1. The number of carbonyl (C=O) groups excluding carboxylic acids is 1. The summed E-state index contributed by atoms with van der Waals surface area (Å²) in [5, 5.41) is 11.9. The quantitative estimate of drug-likeness (QED) is 0.674. The molecule has 3 aromatic rings. The second-order valence-corrected chi connectivity index (χ2v) is 6.88. The zero-order chi connectivity index (χ0) is 18.6. The Balaban J connectivity index is 1.52. The number of likely N-dealkylation sites (tertiary alicyclic amines) is 1. The van der Waals surface area contributed by atoms with Gasteiger partial charge in [0.25, 0.3) is 5.91 Å². The van der Waals surface area contributed by atoms with Gasteiger partial charge < -0.3 is 10.0 Å². The van der Waals surface area contributed by atoms with Crippen molar-refractivity contribution in [3.05, 3.63) is 83.4 Å². The topological polar surface area (TPSA) is 40.5 Å². The molecule has 1 aliphatic heterocycles. The van der Waals surface area contributed by atoms with E-state index in [0.717, 1.165) is 16.5 Å². The predicted molar refractivity (Wildman–Crippen MR) is 108 cm³/mol. The molecule has 3 aromatic carbocycles. The lowest BCUT2D eigenvalue weighted by Gasteiger charge is -2.29. The summed E-state index contributed by atoms with van der Waals surface area (Å²) in [6.07, 6.45) is 1.03. The maximum Gasteiger partial charge on any atom is 0.253 e. The Labute approximate surface area is 159 Å². The van der Waals surface area contributed by atoms with Crippen LogP contribution in [0, 0.1) is 11.8 Å². The van der Waals surface area contributed by atoms with E-state index in [0.29, 0.717) is 31.5 Å². The molecule has 0 aliphatic carbocycles. The summed E-state index contributed by atoms with van der Waals surface area (Å²) in [7, 11) is 0. The van der Waals surface area contributed by atoms with Gasteiger partial charge in [-0.2, -0.15) is 0 Å². The second kappa shape index (κ2) is 7.65. The number of hydrogen-bond donors (Lipinski definition) is 1. The molecule has 1 saturated heterocycles. The standard InChI is InChI=1S/C24H21NO2/c26-22-14-16-25(17-15-22)24(27)21-12-9-18(10-13-21)8-11-20-6-3-5-19-4-1-2-7-23(19)20/h1-7,9-10,12-13,22,26H,14-17H2. The summed E-state index contributed by atoms with van der Waals surface area (Å²) in [4.78, 5) is 14.4. The Kier molecular flexibility index (Phi) is 4.91. The fourth-order valence-electron chi connectivity index (χ4n) is 3.42. The Bertz CT molecular complexity index is 1010. The molecule has 134 valence electrons. The minimum atomic E-state index is -0.277. The average Bonchev–Trinajstić information content (AvgIpc) is 2.72. The van der Waals surface area contributed by atoms with Crippen LogP contribution in [0.1, 0.15) is 34.3 Å². The first-order chi connectivity index (χ1) is 13.2. The van der Waals surface area contributed by atoms with Crippen molar-refractivity contribution in [3.63, 3.8) is 0 Å². The third-order valence-corrected chi connectivity index (χ3v) is 5.01. The highest BCUT2D eigenvalue weighted by Crippen LogP contribution is 2.18. The molecular weight excluding hydrogens is 334 g/mol. The van der Waals surface area contributed by atoms with Crippen molar-refractivity contribution < 1.29 is 9.90 Å². The molecule has 1 amide bonds. The summed E-state index contributed by atoms with van der Waals surface area (Å²) < 4.78 is 0. The van der Waals surface area contributed by atoms with Gasteiger partial charge in [-0.3, -0.25) is 4.79 Å². The zero-order valence-electron chi connectivity index (χ0n) is 15.1. The number of benzene rings is 3. The monoisotopic (exact) mass is 355 g/mol. The molecule has 3 heteroatoms. The molecular formula is C24H21NO2. The molecule has 0 atom stereocenters. The van der Waals surface area contributed by atoms with Gasteiger partial charge in [-0.15, -0.1) is 0 Å². The minimum Gasteiger partial charge on any atom is -0.393 e. The number of amides is 1. The van der Waals surface area contributed by atoms with Gasteiger partial charge in [-0.25, -0.2) is 0 Å². The van der Waals surface area contributed by atoms with E-state index in [9.17, 15) is 9.90 Å². The van der Waals surface area contributed by atoms with Gasteiger partial charge in [-0.1, -0.05) is 48.2 Å². The number of aliphatic hydroxyl groups excluding tert-OH is 1. The van der Waals surface area contributed by atoms with Crippen LogP contribution >= 0.6 is 0 Å². The fraction of sp³-hybridized carbons (Fsp3) is 0.208. The summed E-state index contributed by atoms with van der Waals surface area (Å²) in [6, 6.07) is 21.8. The van der Waals surface area contributed by atoms with E-state index >= 15 is 0 Å². The van der Waals surface area contributed by atoms with E-state index in [2.05, 4.69) is 30.0 Å². The molecule has 1 fully saturated rings. The van der Waals surface area contributed by atoms with E-state index in [1.54, 1.807) is 0 Å². The van der Waals surface area contributed by atoms with Crippen molar-refractivity contribution in [3.8, 4) is 11.8 Å². The molecule has 0 saturated carbocycles. The third kappa shape index (κ3) is 3.86. The van der Waals surface area contributed by atoms with E-state index in [4.69, 9.17) is 0 Å². The van der Waals surface area contributed by atoms with Crippen LogP contribution in [-0.2, 0) is 0 Å². The van der Waals surface area contributed by atoms with Crippen molar-refractivity contribution in [1.29, 1.82) is 0 Å². The molecule has 27 heavy (non-hydrogen) atoms. The van der Waals surface area contributed by atoms with Crippen LogP contribution in [0.5, 0.6) is 0 Å². The van der Waals surface area contributed by atoms with Gasteiger partial charge in [0, 0.05) is 29.8 Å². The second-order valence-electron chi connectivity index (χ2n) is 6.88. The van der Waals surface area contributed by atoms with Crippen LogP contribution in [0.25, 0.3) is 10.8 Å². The highest BCUT2D eigenvalue weighted by molar-refractivity contribution is 5.94. The van der Waals surface area contributed by atoms with E-state index < -0.39 is 0 Å². The van der Waals surface area contributed by atoms with E-state index in [1.165, 1.54) is 5.39 Å². The first kappa shape index (κ1) is 17.3. The molecule has 0 unspecified atom stereocenters. The molecule has 1 heterocycles. The van der Waals surface area contributed by atoms with Crippen LogP contribution in [0.2, 0.25) is 0 Å². The van der Waals surface area contributed by atoms with Crippen molar-refractivity contribution >= 4 is 16.7 Å². The van der Waals surface area contributed by atoms with Crippen molar-refractivity contribution in [1.82, 2.24) is 4.90 Å². The van der Waals surface area contributed by atoms with Gasteiger partial charge in [-0.05, 0) is 53.9 Å². The molecule has 4 rings (SSSR count). The Hall–Kier alpha value is -3.09. The molecule has 1 aliphatic rings. The molecule has 0 spiro atoms. The Morgan fingerprint density at radius 2 is 1.59 bits per heavy atom. The van der Waals surface area contributed by atoms with E-state index in [-0.39, 0.29) is 12.0 Å². The largest absolute Gasteiger partial charge is 0.393 e. The lowest BCUT2D eigenvalue weighted by Crippen LogP contribution is -2.40. The molecule has 0 aromatic heterocycles. The maximum atomic E-state index is 12.6. The summed E-state index contributed by atoms with van der Waals surface area (Å²) in [5.41, 5.74) is 2.55. The van der Waals surface area contributed by atoms with Gasteiger partial charge in [0.1, 0.15) is 0 Å². The fourth-order valence-corrected chi connectivity index (χ4v) is 3.42. The van der Waals surface area contributed by atoms with Crippen LogP contribution < -0.4 is 0 Å². The normalized spacial score (nSPS) is 14.6. The predicted octanol–water partition coefficient (Wildman–Crippen LogP) is 3.84. The number of nitrogens with zero attached hydrogens (tertiary/aromatic N) is 1. The summed E-state index contributed by atoms with van der Waals surface area (Å²) in [6.45, 7) is 1.23. The van der Waals surface area contributed by atoms with Crippen LogP contribution in [0.4, 0.5) is 0 Å². The number of piperidine rings is 1. The molecule has 1 N–H and O–H groups in total. The molecule has 0 bridgehead atoms. The van der Waals surface area contributed by atoms with Crippen LogP contribution in [0.3, 0.4) is 0 Å². The van der Waals surface area contributed by atoms with E-state index in [1.807, 2.05) is 53.4 Å². The van der Waals surface area contributed by atoms with Crippen LogP contribution in [0.15, 0.2) is 66.7 Å². The van der Waals surface area contributed by atoms with Crippen LogP contribution in [-0.4, -0.2) is 35.1 Å². The molecule has 0 radical (unpaired) electrons. The van der Waals surface area contributed by atoms with Gasteiger partial charge in [0.2, 0.25) is 0 Å². The lowest BCUT2D eigenvalue weighted by atomic mass is 10.0. The number of carbonyl (C=O) groups is 1. The average molecular weight is 355 g/mol. The lowest BCUT2D eigenvalue weighted by molar-refractivity contribution is 0.0546. The SMILES string of the molecule is O=C(c1ccc(C#Cc2cccc3ccccc23)cc1)N1CCC(O)CC1. The van der Waals surface area contributed by atoms with Gasteiger partial charge in [0.05, 0.1) is 6.10 Å². The first-order valence-electron chi connectivity index (χ1n) is 9.28. The number of fused-ring (bicyclic) bond motifs is 1. The third-order valence-electron chi connectivity index (χ3n) is 5.01. The maximum absolute atomic E-state index is 12.6. The Morgan fingerprint density at radius 3 is 2.37 bits per heavy atom. The number of rotatable bonds is 1. The summed E-state index contributed by atoms with van der Waals surface area (Å²) in [5.74, 6) is 6.47. The smallest absolute Gasteiger partial charge is 0.253 e. The van der Waals surface area contributed by atoms with Crippen molar-refractivity contribution in [2.24, 2.45) is 0 Å². The number of hydrogen-bond acceptors (Lipinski definition) is 2.